The zero-order chi connectivity index (χ0) is 13.5. The quantitative estimate of drug-likeness (QED) is 0.792. The van der Waals surface area contributed by atoms with Crippen molar-refractivity contribution < 1.29 is 14.6 Å². The van der Waals surface area contributed by atoms with E-state index < -0.39 is 6.10 Å². The molecular weight excluding hydrogens is 242 g/mol. The summed E-state index contributed by atoms with van der Waals surface area (Å²) in [5.74, 6) is 0.673. The first-order chi connectivity index (χ1) is 9.31. The van der Waals surface area contributed by atoms with Crippen molar-refractivity contribution in [1.29, 1.82) is 0 Å². The number of aldehydes is 1. The molecule has 2 rings (SSSR count). The Bertz CT molecular complexity index is 385. The molecule has 4 nitrogen and oxygen atoms in total. The summed E-state index contributed by atoms with van der Waals surface area (Å²) in [6, 6.07) is 7.19. The second-order valence-corrected chi connectivity index (χ2v) is 4.96. The van der Waals surface area contributed by atoms with Gasteiger partial charge in [0, 0.05) is 6.54 Å². The summed E-state index contributed by atoms with van der Waals surface area (Å²) in [6.07, 6.45) is 4.14. The molecule has 1 unspecified atom stereocenters. The summed E-state index contributed by atoms with van der Waals surface area (Å²) in [7, 11) is 0. The fourth-order valence-corrected chi connectivity index (χ4v) is 2.35. The standard InChI is InChI=1S/C15H21NO3/c17-11-13-4-6-14(7-5-13)19-15(12-18)10-16-8-2-1-3-9-16/h4-7,12,15,17H,1-3,8-11H2. The Kier molecular flexibility index (Phi) is 5.36. The van der Waals surface area contributed by atoms with Crippen LogP contribution in [0.5, 0.6) is 5.75 Å². The molecule has 0 amide bonds. The molecular formula is C15H21NO3. The highest BCUT2D eigenvalue weighted by atomic mass is 16.5. The minimum atomic E-state index is -0.418. The molecule has 4 heteroatoms. The number of carbonyl (C=O) groups excluding carboxylic acids is 1. The topological polar surface area (TPSA) is 49.8 Å². The molecule has 0 saturated carbocycles. The fourth-order valence-electron chi connectivity index (χ4n) is 2.35. The van der Waals surface area contributed by atoms with Crippen molar-refractivity contribution in [2.45, 2.75) is 32.0 Å². The van der Waals surface area contributed by atoms with E-state index in [1.54, 1.807) is 24.3 Å². The highest BCUT2D eigenvalue weighted by Crippen LogP contribution is 2.15. The van der Waals surface area contributed by atoms with E-state index in [1.807, 2.05) is 0 Å². The third kappa shape index (κ3) is 4.33. The average molecular weight is 263 g/mol. The maximum atomic E-state index is 11.1. The number of likely N-dealkylation sites (tertiary alicyclic amines) is 1. The second kappa shape index (κ2) is 7.26. The van der Waals surface area contributed by atoms with Crippen LogP contribution in [0.1, 0.15) is 24.8 Å². The Morgan fingerprint density at radius 2 is 1.89 bits per heavy atom. The van der Waals surface area contributed by atoms with Gasteiger partial charge in [-0.2, -0.15) is 0 Å². The highest BCUT2D eigenvalue weighted by molar-refractivity contribution is 5.57. The maximum Gasteiger partial charge on any atom is 0.166 e. The number of aliphatic hydroxyl groups is 1. The lowest BCUT2D eigenvalue weighted by atomic mass is 10.1. The van der Waals surface area contributed by atoms with Crippen LogP contribution in [-0.4, -0.2) is 42.0 Å². The maximum absolute atomic E-state index is 11.1. The SMILES string of the molecule is O=CC(CN1CCCCC1)Oc1ccc(CO)cc1. The molecule has 1 atom stereocenters. The number of nitrogens with zero attached hydrogens (tertiary/aromatic N) is 1. The lowest BCUT2D eigenvalue weighted by Crippen LogP contribution is -2.39. The van der Waals surface area contributed by atoms with Crippen LogP contribution in [0.25, 0.3) is 0 Å². The Morgan fingerprint density at radius 1 is 1.21 bits per heavy atom. The van der Waals surface area contributed by atoms with Crippen molar-refractivity contribution in [1.82, 2.24) is 4.90 Å². The highest BCUT2D eigenvalue weighted by Gasteiger charge is 2.17. The Labute approximate surface area is 114 Å². The number of rotatable bonds is 6. The number of hydrogen-bond acceptors (Lipinski definition) is 4. The van der Waals surface area contributed by atoms with Crippen LogP contribution in [0.15, 0.2) is 24.3 Å². The lowest BCUT2D eigenvalue weighted by molar-refractivity contribution is -0.114. The minimum Gasteiger partial charge on any atom is -0.482 e. The monoisotopic (exact) mass is 263 g/mol. The molecule has 0 spiro atoms. The van der Waals surface area contributed by atoms with Gasteiger partial charge in [0.2, 0.25) is 0 Å². The molecule has 1 aromatic rings. The van der Waals surface area contributed by atoms with Crippen molar-refractivity contribution in [3.05, 3.63) is 29.8 Å². The Morgan fingerprint density at radius 3 is 2.47 bits per heavy atom. The number of hydrogen-bond donors (Lipinski definition) is 1. The van der Waals surface area contributed by atoms with Gasteiger partial charge in [0.1, 0.15) is 5.75 Å². The molecule has 104 valence electrons. The molecule has 1 aliphatic rings. The van der Waals surface area contributed by atoms with Gasteiger partial charge in [-0.3, -0.25) is 9.69 Å². The van der Waals surface area contributed by atoms with E-state index in [0.717, 1.165) is 24.9 Å². The number of carbonyl (C=O) groups is 1. The van der Waals surface area contributed by atoms with E-state index in [0.29, 0.717) is 12.3 Å². The molecule has 1 saturated heterocycles. The number of ether oxygens (including phenoxy) is 1. The van der Waals surface area contributed by atoms with Gasteiger partial charge in [-0.1, -0.05) is 18.6 Å². The van der Waals surface area contributed by atoms with Crippen LogP contribution >= 0.6 is 0 Å². The predicted molar refractivity (Wildman–Crippen MR) is 73.1 cm³/mol. The van der Waals surface area contributed by atoms with Crippen molar-refractivity contribution >= 4 is 6.29 Å². The normalized spacial score (nSPS) is 17.9. The van der Waals surface area contributed by atoms with Gasteiger partial charge >= 0.3 is 0 Å². The van der Waals surface area contributed by atoms with Crippen LogP contribution in [0.2, 0.25) is 0 Å². The molecule has 1 N–H and O–H groups in total. The van der Waals surface area contributed by atoms with Gasteiger partial charge in [0.25, 0.3) is 0 Å². The molecule has 0 bridgehead atoms. The van der Waals surface area contributed by atoms with E-state index in [4.69, 9.17) is 9.84 Å². The molecule has 0 radical (unpaired) electrons. The van der Waals surface area contributed by atoms with Crippen LogP contribution in [0.3, 0.4) is 0 Å². The predicted octanol–water partition coefficient (Wildman–Crippen LogP) is 1.61. The van der Waals surface area contributed by atoms with Gasteiger partial charge in [-0.15, -0.1) is 0 Å². The van der Waals surface area contributed by atoms with E-state index in [2.05, 4.69) is 4.90 Å². The molecule has 19 heavy (non-hydrogen) atoms. The fraction of sp³-hybridized carbons (Fsp3) is 0.533. The van der Waals surface area contributed by atoms with E-state index in [9.17, 15) is 4.79 Å². The van der Waals surface area contributed by atoms with Crippen LogP contribution in [0, 0.1) is 0 Å². The first-order valence-corrected chi connectivity index (χ1v) is 6.86. The average Bonchev–Trinajstić information content (AvgIpc) is 2.48. The molecule has 0 aliphatic carbocycles. The summed E-state index contributed by atoms with van der Waals surface area (Å²) in [6.45, 7) is 2.78. The van der Waals surface area contributed by atoms with Gasteiger partial charge in [0.05, 0.1) is 6.61 Å². The number of benzene rings is 1. The molecule has 1 aliphatic heterocycles. The molecule has 0 aromatic heterocycles. The van der Waals surface area contributed by atoms with Crippen molar-refractivity contribution in [2.24, 2.45) is 0 Å². The zero-order valence-corrected chi connectivity index (χ0v) is 11.1. The Hall–Kier alpha value is -1.39. The lowest BCUT2D eigenvalue weighted by Gasteiger charge is -2.28. The van der Waals surface area contributed by atoms with Crippen LogP contribution in [-0.2, 0) is 11.4 Å². The third-order valence-electron chi connectivity index (χ3n) is 3.43. The minimum absolute atomic E-state index is 0.0190. The van der Waals surface area contributed by atoms with E-state index in [-0.39, 0.29) is 6.61 Å². The van der Waals surface area contributed by atoms with Gasteiger partial charge in [-0.05, 0) is 43.6 Å². The van der Waals surface area contributed by atoms with Gasteiger partial charge in [-0.25, -0.2) is 0 Å². The number of piperidine rings is 1. The zero-order valence-electron chi connectivity index (χ0n) is 11.1. The van der Waals surface area contributed by atoms with E-state index >= 15 is 0 Å². The first-order valence-electron chi connectivity index (χ1n) is 6.86. The summed E-state index contributed by atoms with van der Waals surface area (Å²) in [5, 5.41) is 8.97. The summed E-state index contributed by atoms with van der Waals surface area (Å²) < 4.78 is 5.67. The van der Waals surface area contributed by atoms with E-state index in [1.165, 1.54) is 19.3 Å². The summed E-state index contributed by atoms with van der Waals surface area (Å²) in [4.78, 5) is 13.4. The largest absolute Gasteiger partial charge is 0.482 e. The van der Waals surface area contributed by atoms with Crippen molar-refractivity contribution in [3.8, 4) is 5.75 Å². The summed E-state index contributed by atoms with van der Waals surface area (Å²) in [5.41, 5.74) is 0.839. The first kappa shape index (κ1) is 14.0. The van der Waals surface area contributed by atoms with Gasteiger partial charge < -0.3 is 9.84 Å². The van der Waals surface area contributed by atoms with Crippen molar-refractivity contribution in [2.75, 3.05) is 19.6 Å². The van der Waals surface area contributed by atoms with Crippen molar-refractivity contribution in [3.63, 3.8) is 0 Å². The second-order valence-electron chi connectivity index (χ2n) is 4.96. The van der Waals surface area contributed by atoms with Crippen LogP contribution < -0.4 is 4.74 Å². The molecule has 1 aromatic carbocycles. The Balaban J connectivity index is 1.88. The third-order valence-corrected chi connectivity index (χ3v) is 3.43. The molecule has 1 fully saturated rings. The van der Waals surface area contributed by atoms with Gasteiger partial charge in [0.15, 0.2) is 12.4 Å². The van der Waals surface area contributed by atoms with Crippen LogP contribution in [0.4, 0.5) is 0 Å². The smallest absolute Gasteiger partial charge is 0.166 e. The number of aliphatic hydroxyl groups excluding tert-OH is 1. The molecule has 1 heterocycles. The summed E-state index contributed by atoms with van der Waals surface area (Å²) >= 11 is 0.